The maximum absolute atomic E-state index is 12.1. The second-order valence-electron chi connectivity index (χ2n) is 6.88. The van der Waals surface area contributed by atoms with Crippen LogP contribution in [-0.4, -0.2) is 73.2 Å². The van der Waals surface area contributed by atoms with Gasteiger partial charge in [0.15, 0.2) is 11.5 Å². The minimum Gasteiger partial charge on any atom is -0.486 e. The van der Waals surface area contributed by atoms with E-state index in [9.17, 15) is 4.79 Å². The van der Waals surface area contributed by atoms with Gasteiger partial charge in [0.1, 0.15) is 13.2 Å². The van der Waals surface area contributed by atoms with Gasteiger partial charge in [-0.05, 0) is 30.5 Å². The summed E-state index contributed by atoms with van der Waals surface area (Å²) in [5, 5.41) is 0. The van der Waals surface area contributed by atoms with Crippen molar-refractivity contribution in [2.24, 2.45) is 0 Å². The van der Waals surface area contributed by atoms with E-state index in [1.165, 1.54) is 5.56 Å². The van der Waals surface area contributed by atoms with Crippen LogP contribution in [0.1, 0.15) is 18.4 Å². The number of amides is 2. The molecule has 6 heteroatoms. The minimum absolute atomic E-state index is 0.195. The molecule has 2 saturated heterocycles. The number of ether oxygens (including phenoxy) is 2. The van der Waals surface area contributed by atoms with E-state index in [4.69, 9.17) is 9.47 Å². The van der Waals surface area contributed by atoms with E-state index in [-0.39, 0.29) is 6.03 Å². The van der Waals surface area contributed by atoms with E-state index < -0.39 is 0 Å². The molecule has 3 aliphatic heterocycles. The molecular formula is C18H25N3O3. The zero-order valence-corrected chi connectivity index (χ0v) is 14.2. The third kappa shape index (κ3) is 3.02. The second-order valence-corrected chi connectivity index (χ2v) is 6.88. The summed E-state index contributed by atoms with van der Waals surface area (Å²) in [4.78, 5) is 18.5. The molecule has 1 aromatic carbocycles. The minimum atomic E-state index is 0.195. The van der Waals surface area contributed by atoms with E-state index in [1.54, 1.807) is 0 Å². The van der Waals surface area contributed by atoms with Gasteiger partial charge in [0.25, 0.3) is 0 Å². The number of hydrogen-bond acceptors (Lipinski definition) is 4. The van der Waals surface area contributed by atoms with Crippen molar-refractivity contribution >= 4 is 6.03 Å². The Balaban J connectivity index is 1.33. The molecule has 0 spiro atoms. The number of likely N-dealkylation sites (tertiary alicyclic amines) is 1. The van der Waals surface area contributed by atoms with E-state index in [1.807, 2.05) is 18.0 Å². The molecule has 3 aliphatic rings. The van der Waals surface area contributed by atoms with Crippen molar-refractivity contribution in [1.82, 2.24) is 14.7 Å². The first-order valence-corrected chi connectivity index (χ1v) is 8.83. The lowest BCUT2D eigenvalue weighted by Gasteiger charge is -2.36. The molecule has 0 aromatic heterocycles. The first-order chi connectivity index (χ1) is 11.7. The Morgan fingerprint density at radius 1 is 1.04 bits per heavy atom. The number of likely N-dealkylation sites (N-methyl/N-ethyl adjacent to an activating group) is 1. The molecule has 2 amide bonds. The zero-order valence-electron chi connectivity index (χ0n) is 14.2. The molecule has 0 bridgehead atoms. The molecule has 1 aromatic rings. The van der Waals surface area contributed by atoms with Crippen LogP contribution in [0.15, 0.2) is 18.2 Å². The van der Waals surface area contributed by atoms with Crippen molar-refractivity contribution < 1.29 is 14.3 Å². The lowest BCUT2D eigenvalue weighted by atomic mass is 10.0. The van der Waals surface area contributed by atoms with Crippen LogP contribution in [0, 0.1) is 0 Å². The van der Waals surface area contributed by atoms with Gasteiger partial charge in [-0.2, -0.15) is 0 Å². The number of carbonyl (C=O) groups excluding carboxylic acids is 1. The Bertz CT molecular complexity index is 614. The number of nitrogens with zero attached hydrogens (tertiary/aromatic N) is 3. The highest BCUT2D eigenvalue weighted by atomic mass is 16.6. The van der Waals surface area contributed by atoms with Crippen LogP contribution < -0.4 is 9.47 Å². The van der Waals surface area contributed by atoms with Crippen LogP contribution in [0.3, 0.4) is 0 Å². The fourth-order valence-corrected chi connectivity index (χ4v) is 3.84. The van der Waals surface area contributed by atoms with Crippen LogP contribution in [0.2, 0.25) is 0 Å². The SMILES string of the molecule is CN1CCN(C2CCN(Cc3ccc4c(c3)OCCO4)CC2)C1=O. The third-order valence-corrected chi connectivity index (χ3v) is 5.26. The van der Waals surface area contributed by atoms with Crippen molar-refractivity contribution in [2.45, 2.75) is 25.4 Å². The maximum atomic E-state index is 12.1. The molecular weight excluding hydrogens is 306 g/mol. The Kier molecular flexibility index (Phi) is 4.22. The van der Waals surface area contributed by atoms with Gasteiger partial charge in [0.05, 0.1) is 0 Å². The molecule has 4 rings (SSSR count). The van der Waals surface area contributed by atoms with Gasteiger partial charge in [-0.3, -0.25) is 4.90 Å². The zero-order chi connectivity index (χ0) is 16.5. The van der Waals surface area contributed by atoms with E-state index >= 15 is 0 Å². The quantitative estimate of drug-likeness (QED) is 0.847. The number of benzene rings is 1. The molecule has 6 nitrogen and oxygen atoms in total. The Morgan fingerprint density at radius 2 is 1.79 bits per heavy atom. The summed E-state index contributed by atoms with van der Waals surface area (Å²) >= 11 is 0. The number of rotatable bonds is 3. The first-order valence-electron chi connectivity index (χ1n) is 8.83. The van der Waals surface area contributed by atoms with Crippen LogP contribution in [0.4, 0.5) is 4.79 Å². The van der Waals surface area contributed by atoms with Crippen LogP contribution >= 0.6 is 0 Å². The van der Waals surface area contributed by atoms with Gasteiger partial charge in [-0.15, -0.1) is 0 Å². The number of carbonyl (C=O) groups is 1. The molecule has 24 heavy (non-hydrogen) atoms. The maximum Gasteiger partial charge on any atom is 0.320 e. The predicted molar refractivity (Wildman–Crippen MR) is 90.5 cm³/mol. The van der Waals surface area contributed by atoms with Gasteiger partial charge in [0.2, 0.25) is 0 Å². The molecule has 0 radical (unpaired) electrons. The standard InChI is InChI=1S/C18H25N3O3/c1-19-8-9-21(18(19)22)15-4-6-20(7-5-15)13-14-2-3-16-17(12-14)24-11-10-23-16/h2-3,12,15H,4-11,13H2,1H3. The monoisotopic (exact) mass is 331 g/mol. The summed E-state index contributed by atoms with van der Waals surface area (Å²) in [5.74, 6) is 1.71. The molecule has 0 aliphatic carbocycles. The molecule has 3 heterocycles. The highest BCUT2D eigenvalue weighted by Gasteiger charge is 2.33. The molecule has 130 valence electrons. The lowest BCUT2D eigenvalue weighted by molar-refractivity contribution is 0.127. The summed E-state index contributed by atoms with van der Waals surface area (Å²) in [6.07, 6.45) is 2.12. The normalized spacial score (nSPS) is 22.3. The van der Waals surface area contributed by atoms with Crippen molar-refractivity contribution in [2.75, 3.05) is 46.4 Å². The van der Waals surface area contributed by atoms with Crippen molar-refractivity contribution in [3.05, 3.63) is 23.8 Å². The molecule has 0 atom stereocenters. The lowest BCUT2D eigenvalue weighted by Crippen LogP contribution is -2.46. The summed E-state index contributed by atoms with van der Waals surface area (Å²) in [5.41, 5.74) is 1.26. The van der Waals surface area contributed by atoms with Crippen LogP contribution in [0.25, 0.3) is 0 Å². The number of fused-ring (bicyclic) bond motifs is 1. The van der Waals surface area contributed by atoms with E-state index in [2.05, 4.69) is 21.9 Å². The molecule has 0 saturated carbocycles. The second kappa shape index (κ2) is 6.51. The van der Waals surface area contributed by atoms with Gasteiger partial charge >= 0.3 is 6.03 Å². The van der Waals surface area contributed by atoms with Crippen molar-refractivity contribution in [1.29, 1.82) is 0 Å². The average molecular weight is 331 g/mol. The summed E-state index contributed by atoms with van der Waals surface area (Å²) in [6, 6.07) is 6.83. The Labute approximate surface area is 142 Å². The topological polar surface area (TPSA) is 45.2 Å². The summed E-state index contributed by atoms with van der Waals surface area (Å²) in [7, 11) is 1.89. The smallest absolute Gasteiger partial charge is 0.320 e. The fraction of sp³-hybridized carbons (Fsp3) is 0.611. The summed E-state index contributed by atoms with van der Waals surface area (Å²) < 4.78 is 11.2. The van der Waals surface area contributed by atoms with Crippen molar-refractivity contribution in [3.63, 3.8) is 0 Å². The largest absolute Gasteiger partial charge is 0.486 e. The van der Waals surface area contributed by atoms with Crippen LogP contribution in [-0.2, 0) is 6.54 Å². The van der Waals surface area contributed by atoms with Crippen LogP contribution in [0.5, 0.6) is 11.5 Å². The molecule has 0 N–H and O–H groups in total. The Morgan fingerprint density at radius 3 is 2.50 bits per heavy atom. The Hall–Kier alpha value is -1.95. The number of urea groups is 1. The summed E-state index contributed by atoms with van der Waals surface area (Å²) in [6.45, 7) is 5.99. The van der Waals surface area contributed by atoms with Gasteiger partial charge in [0, 0.05) is 45.8 Å². The van der Waals surface area contributed by atoms with E-state index in [0.29, 0.717) is 19.3 Å². The van der Waals surface area contributed by atoms with Gasteiger partial charge in [-0.25, -0.2) is 4.79 Å². The predicted octanol–water partition coefficient (Wildman–Crippen LogP) is 1.79. The molecule has 0 unspecified atom stereocenters. The number of hydrogen-bond donors (Lipinski definition) is 0. The average Bonchev–Trinajstić information content (AvgIpc) is 2.95. The molecule has 2 fully saturated rings. The van der Waals surface area contributed by atoms with Gasteiger partial charge in [-0.1, -0.05) is 6.07 Å². The number of piperidine rings is 1. The van der Waals surface area contributed by atoms with Gasteiger partial charge < -0.3 is 19.3 Å². The van der Waals surface area contributed by atoms with E-state index in [0.717, 1.165) is 57.1 Å². The highest BCUT2D eigenvalue weighted by molar-refractivity contribution is 5.76. The fourth-order valence-electron chi connectivity index (χ4n) is 3.84. The third-order valence-electron chi connectivity index (χ3n) is 5.26. The first kappa shape index (κ1) is 15.6. The highest BCUT2D eigenvalue weighted by Crippen LogP contribution is 2.31. The van der Waals surface area contributed by atoms with Crippen molar-refractivity contribution in [3.8, 4) is 11.5 Å².